The van der Waals surface area contributed by atoms with Gasteiger partial charge in [0.1, 0.15) is 5.82 Å². The van der Waals surface area contributed by atoms with Gasteiger partial charge in [-0.2, -0.15) is 18.3 Å². The predicted octanol–water partition coefficient (Wildman–Crippen LogP) is 3.55. The topological polar surface area (TPSA) is 72.7 Å². The molecule has 3 aromatic rings. The molecule has 0 atom stereocenters. The van der Waals surface area contributed by atoms with Crippen LogP contribution in [-0.2, 0) is 6.18 Å². The average Bonchev–Trinajstić information content (AvgIpc) is 2.98. The molecule has 134 valence electrons. The van der Waals surface area contributed by atoms with Gasteiger partial charge in [-0.3, -0.25) is 4.79 Å². The van der Waals surface area contributed by atoms with Gasteiger partial charge in [-0.05, 0) is 37.6 Å². The van der Waals surface area contributed by atoms with Crippen molar-refractivity contribution in [3.63, 3.8) is 0 Å². The van der Waals surface area contributed by atoms with Gasteiger partial charge in [0.25, 0.3) is 5.91 Å². The van der Waals surface area contributed by atoms with Gasteiger partial charge < -0.3 is 5.32 Å². The quantitative estimate of drug-likeness (QED) is 0.774. The Labute approximate surface area is 146 Å². The highest BCUT2D eigenvalue weighted by atomic mass is 19.4. The fourth-order valence-corrected chi connectivity index (χ4v) is 2.27. The number of hydrogen-bond acceptors (Lipinski definition) is 4. The molecule has 0 saturated heterocycles. The summed E-state index contributed by atoms with van der Waals surface area (Å²) in [6.07, 6.45) is -0.778. The Morgan fingerprint density at radius 3 is 2.38 bits per heavy atom. The molecule has 0 aromatic carbocycles. The number of nitrogens with one attached hydrogen (secondary N) is 1. The second kappa shape index (κ2) is 6.58. The zero-order valence-electron chi connectivity index (χ0n) is 13.9. The molecule has 1 amide bonds. The van der Waals surface area contributed by atoms with Crippen LogP contribution in [0.5, 0.6) is 0 Å². The van der Waals surface area contributed by atoms with E-state index in [2.05, 4.69) is 20.4 Å². The zero-order chi connectivity index (χ0) is 18.9. The first-order valence-corrected chi connectivity index (χ1v) is 7.58. The van der Waals surface area contributed by atoms with Crippen molar-refractivity contribution in [2.75, 3.05) is 5.32 Å². The van der Waals surface area contributed by atoms with E-state index in [9.17, 15) is 18.0 Å². The van der Waals surface area contributed by atoms with Crippen LogP contribution in [-0.4, -0.2) is 25.7 Å². The van der Waals surface area contributed by atoms with Gasteiger partial charge in [-0.1, -0.05) is 6.07 Å². The minimum Gasteiger partial charge on any atom is -0.306 e. The van der Waals surface area contributed by atoms with Crippen molar-refractivity contribution in [3.8, 4) is 5.82 Å². The number of alkyl halides is 3. The highest BCUT2D eigenvalue weighted by molar-refractivity contribution is 6.04. The van der Waals surface area contributed by atoms with Crippen LogP contribution in [0.15, 0.2) is 42.9 Å². The monoisotopic (exact) mass is 361 g/mol. The average molecular weight is 361 g/mol. The molecular weight excluding hydrogens is 347 g/mol. The number of carbonyl (C=O) groups excluding carboxylic acids is 1. The molecule has 0 radical (unpaired) electrons. The molecule has 1 N–H and O–H groups in total. The van der Waals surface area contributed by atoms with E-state index in [1.807, 2.05) is 13.0 Å². The first-order valence-electron chi connectivity index (χ1n) is 7.58. The Hall–Kier alpha value is -3.23. The van der Waals surface area contributed by atoms with Crippen molar-refractivity contribution in [2.45, 2.75) is 20.0 Å². The lowest BCUT2D eigenvalue weighted by atomic mass is 10.2. The first kappa shape index (κ1) is 17.6. The lowest BCUT2D eigenvalue weighted by molar-refractivity contribution is -0.137. The van der Waals surface area contributed by atoms with Crippen molar-refractivity contribution in [1.82, 2.24) is 19.7 Å². The lowest BCUT2D eigenvalue weighted by Gasteiger charge is -2.08. The summed E-state index contributed by atoms with van der Waals surface area (Å²) in [5.74, 6) is 0.153. The Morgan fingerprint density at radius 2 is 1.81 bits per heavy atom. The normalized spacial score (nSPS) is 11.4. The van der Waals surface area contributed by atoms with Crippen LogP contribution < -0.4 is 5.32 Å². The van der Waals surface area contributed by atoms with Crippen LogP contribution >= 0.6 is 0 Å². The van der Waals surface area contributed by atoms with Crippen molar-refractivity contribution >= 4 is 11.7 Å². The maximum absolute atomic E-state index is 12.6. The zero-order valence-corrected chi connectivity index (χ0v) is 13.9. The number of halogens is 3. The number of hydrogen-bond donors (Lipinski definition) is 1. The summed E-state index contributed by atoms with van der Waals surface area (Å²) >= 11 is 0. The molecule has 3 aromatic heterocycles. The Bertz CT molecular complexity index is 931. The van der Waals surface area contributed by atoms with Crippen LogP contribution in [0.3, 0.4) is 0 Å². The SMILES string of the molecule is Cc1ccc(NC(=O)c2cnn(-c3ccc(C(F)(F)F)cn3)c2C)nc1. The van der Waals surface area contributed by atoms with Crippen LogP contribution in [0.2, 0.25) is 0 Å². The fraction of sp³-hybridized carbons (Fsp3) is 0.176. The number of aromatic nitrogens is 4. The minimum absolute atomic E-state index is 0.183. The van der Waals surface area contributed by atoms with Crippen LogP contribution in [0, 0.1) is 13.8 Å². The van der Waals surface area contributed by atoms with Crippen molar-refractivity contribution in [1.29, 1.82) is 0 Å². The molecule has 6 nitrogen and oxygen atoms in total. The van der Waals surface area contributed by atoms with E-state index in [4.69, 9.17) is 0 Å². The summed E-state index contributed by atoms with van der Waals surface area (Å²) in [4.78, 5) is 20.2. The second-order valence-corrected chi connectivity index (χ2v) is 5.63. The van der Waals surface area contributed by atoms with Crippen molar-refractivity contribution in [3.05, 3.63) is 65.2 Å². The summed E-state index contributed by atoms with van der Waals surface area (Å²) in [7, 11) is 0. The third kappa shape index (κ3) is 3.56. The molecule has 3 heterocycles. The first-order chi connectivity index (χ1) is 12.3. The van der Waals surface area contributed by atoms with E-state index in [0.29, 0.717) is 11.5 Å². The second-order valence-electron chi connectivity index (χ2n) is 5.63. The molecule has 9 heteroatoms. The lowest BCUT2D eigenvalue weighted by Crippen LogP contribution is -2.14. The number of nitrogens with zero attached hydrogens (tertiary/aromatic N) is 4. The maximum Gasteiger partial charge on any atom is 0.417 e. The predicted molar refractivity (Wildman–Crippen MR) is 88.0 cm³/mol. The molecule has 0 saturated carbocycles. The molecule has 0 bridgehead atoms. The highest BCUT2D eigenvalue weighted by Crippen LogP contribution is 2.28. The largest absolute Gasteiger partial charge is 0.417 e. The van der Waals surface area contributed by atoms with Gasteiger partial charge in [0.2, 0.25) is 0 Å². The molecule has 0 aliphatic heterocycles. The van der Waals surface area contributed by atoms with Crippen molar-refractivity contribution in [2.24, 2.45) is 0 Å². The third-order valence-corrected chi connectivity index (χ3v) is 3.70. The number of amides is 1. The van der Waals surface area contributed by atoms with Gasteiger partial charge in [0, 0.05) is 12.4 Å². The van der Waals surface area contributed by atoms with E-state index in [1.165, 1.54) is 16.9 Å². The number of carbonyl (C=O) groups is 1. The Kier molecular flexibility index (Phi) is 4.45. The van der Waals surface area contributed by atoms with Gasteiger partial charge in [0.05, 0.1) is 23.0 Å². The molecule has 3 rings (SSSR count). The van der Waals surface area contributed by atoms with Crippen LogP contribution in [0.25, 0.3) is 5.82 Å². The molecule has 0 aliphatic rings. The summed E-state index contributed by atoms with van der Waals surface area (Å²) in [6.45, 7) is 3.51. The van der Waals surface area contributed by atoms with E-state index in [1.54, 1.807) is 19.2 Å². The highest BCUT2D eigenvalue weighted by Gasteiger charge is 2.30. The molecule has 0 spiro atoms. The molecular formula is C17H14F3N5O. The molecule has 0 unspecified atom stereocenters. The van der Waals surface area contributed by atoms with E-state index in [-0.39, 0.29) is 11.4 Å². The van der Waals surface area contributed by atoms with E-state index < -0.39 is 17.6 Å². The van der Waals surface area contributed by atoms with Crippen molar-refractivity contribution < 1.29 is 18.0 Å². The maximum atomic E-state index is 12.6. The summed E-state index contributed by atoms with van der Waals surface area (Å²) in [5, 5.41) is 6.69. The number of anilines is 1. The van der Waals surface area contributed by atoms with Gasteiger partial charge in [-0.15, -0.1) is 0 Å². The summed E-state index contributed by atoms with van der Waals surface area (Å²) < 4.78 is 39.2. The minimum atomic E-state index is -4.46. The van der Waals surface area contributed by atoms with Gasteiger partial charge in [0.15, 0.2) is 5.82 Å². The van der Waals surface area contributed by atoms with Gasteiger partial charge in [-0.25, -0.2) is 14.6 Å². The van der Waals surface area contributed by atoms with E-state index in [0.717, 1.165) is 17.8 Å². The summed E-state index contributed by atoms with van der Waals surface area (Å²) in [5.41, 5.74) is 0.825. The van der Waals surface area contributed by atoms with E-state index >= 15 is 0 Å². The number of aryl methyl sites for hydroxylation is 1. The standard InChI is InChI=1S/C17H14F3N5O/c1-10-3-5-14(21-7-10)24-16(26)13-9-23-25(11(13)2)15-6-4-12(8-22-15)17(18,19)20/h3-9H,1-2H3,(H,21,24,26). The van der Waals surface area contributed by atoms with Gasteiger partial charge >= 0.3 is 6.18 Å². The summed E-state index contributed by atoms with van der Waals surface area (Å²) in [6, 6.07) is 5.60. The smallest absolute Gasteiger partial charge is 0.306 e. The Morgan fingerprint density at radius 1 is 1.04 bits per heavy atom. The third-order valence-electron chi connectivity index (χ3n) is 3.70. The Balaban J connectivity index is 1.83. The number of pyridine rings is 2. The molecule has 26 heavy (non-hydrogen) atoms. The number of rotatable bonds is 3. The molecule has 0 aliphatic carbocycles. The fourth-order valence-electron chi connectivity index (χ4n) is 2.27. The molecule has 0 fully saturated rings. The van der Waals surface area contributed by atoms with Crippen LogP contribution in [0.4, 0.5) is 19.0 Å². The van der Waals surface area contributed by atoms with Crippen LogP contribution in [0.1, 0.15) is 27.2 Å².